The van der Waals surface area contributed by atoms with Crippen LogP contribution in [0.2, 0.25) is 0 Å². The van der Waals surface area contributed by atoms with E-state index in [4.69, 9.17) is 5.26 Å². The smallest absolute Gasteiger partial charge is 0.270 e. The van der Waals surface area contributed by atoms with Crippen LogP contribution in [0, 0.1) is 11.3 Å². The second-order valence-electron chi connectivity index (χ2n) is 2.29. The molecule has 0 fully saturated rings. The molecule has 1 aromatic heterocycles. The summed E-state index contributed by atoms with van der Waals surface area (Å²) in [5.74, 6) is -0.318. The minimum absolute atomic E-state index is 0.318. The zero-order chi connectivity index (χ0) is 8.97. The summed E-state index contributed by atoms with van der Waals surface area (Å²) in [5.41, 5.74) is 0.358. The van der Waals surface area contributed by atoms with Crippen LogP contribution in [-0.4, -0.2) is 22.1 Å². The molecule has 1 heterocycles. The van der Waals surface area contributed by atoms with Crippen molar-refractivity contribution in [1.29, 1.82) is 5.26 Å². The van der Waals surface area contributed by atoms with E-state index in [-0.39, 0.29) is 5.91 Å². The van der Waals surface area contributed by atoms with Crippen molar-refractivity contribution >= 4 is 5.91 Å². The summed E-state index contributed by atoms with van der Waals surface area (Å²) in [6, 6.07) is 2.95. The average Bonchev–Trinajstić information content (AvgIpc) is 2.56. The van der Waals surface area contributed by atoms with Crippen molar-refractivity contribution in [1.82, 2.24) is 15.5 Å². The number of nitrogens with one attached hydrogen (secondary N) is 2. The molecule has 1 rings (SSSR count). The molecule has 1 aromatic rings. The van der Waals surface area contributed by atoms with Crippen LogP contribution in [-0.2, 0) is 0 Å². The Morgan fingerprint density at radius 3 is 3.17 bits per heavy atom. The first-order chi connectivity index (χ1) is 5.74. The molecule has 1 amide bonds. The third kappa shape index (κ3) is 1.83. The number of hydrogen-bond donors (Lipinski definition) is 2. The summed E-state index contributed by atoms with van der Waals surface area (Å²) in [4.78, 5) is 11.1. The molecule has 5 nitrogen and oxygen atoms in total. The number of hydrogen-bond acceptors (Lipinski definition) is 3. The Labute approximate surface area is 69.4 Å². The summed E-state index contributed by atoms with van der Waals surface area (Å²) in [6.45, 7) is 1.61. The largest absolute Gasteiger partial charge is 0.335 e. The maximum atomic E-state index is 11.1. The fraction of sp³-hybridized carbons (Fsp3) is 0.286. The van der Waals surface area contributed by atoms with Gasteiger partial charge in [0.25, 0.3) is 5.91 Å². The van der Waals surface area contributed by atoms with Crippen molar-refractivity contribution in [3.63, 3.8) is 0 Å². The molecular weight excluding hydrogens is 156 g/mol. The Kier molecular flexibility index (Phi) is 2.43. The maximum absolute atomic E-state index is 11.1. The Hall–Kier alpha value is -1.83. The van der Waals surface area contributed by atoms with Crippen LogP contribution in [0.5, 0.6) is 0 Å². The number of aromatic amines is 1. The average molecular weight is 164 g/mol. The Morgan fingerprint density at radius 1 is 1.92 bits per heavy atom. The fourth-order valence-electron chi connectivity index (χ4n) is 0.689. The number of carbonyl (C=O) groups is 1. The van der Waals surface area contributed by atoms with E-state index in [0.717, 1.165) is 0 Å². The number of carbonyl (C=O) groups excluding carboxylic acids is 1. The van der Waals surface area contributed by atoms with Crippen molar-refractivity contribution in [3.05, 3.63) is 18.0 Å². The first kappa shape index (κ1) is 8.27. The number of H-pyrrole nitrogens is 1. The molecule has 0 aliphatic heterocycles. The maximum Gasteiger partial charge on any atom is 0.270 e. The van der Waals surface area contributed by atoms with E-state index in [2.05, 4.69) is 15.5 Å². The van der Waals surface area contributed by atoms with E-state index in [1.165, 1.54) is 6.20 Å². The number of nitrogens with zero attached hydrogens (tertiary/aromatic N) is 2. The second-order valence-corrected chi connectivity index (χ2v) is 2.29. The van der Waals surface area contributed by atoms with Gasteiger partial charge < -0.3 is 5.32 Å². The zero-order valence-corrected chi connectivity index (χ0v) is 6.53. The first-order valence-electron chi connectivity index (χ1n) is 3.44. The summed E-state index contributed by atoms with van der Waals surface area (Å²) < 4.78 is 0. The minimum atomic E-state index is -0.485. The number of aromatic nitrogens is 2. The van der Waals surface area contributed by atoms with Gasteiger partial charge in [-0.15, -0.1) is 0 Å². The normalized spacial score (nSPS) is 11.7. The third-order valence-corrected chi connectivity index (χ3v) is 1.29. The molecule has 0 aliphatic carbocycles. The van der Waals surface area contributed by atoms with Crippen molar-refractivity contribution in [2.24, 2.45) is 0 Å². The van der Waals surface area contributed by atoms with Gasteiger partial charge in [0.2, 0.25) is 0 Å². The highest BCUT2D eigenvalue weighted by Gasteiger charge is 2.08. The quantitative estimate of drug-likeness (QED) is 0.648. The standard InChI is InChI=1S/C7H8N4O/c1-5(4-8)10-7(12)6-2-3-9-11-6/h2-3,5H,1H3,(H,9,11)(H,10,12). The molecule has 0 bridgehead atoms. The first-order valence-corrected chi connectivity index (χ1v) is 3.44. The highest BCUT2D eigenvalue weighted by molar-refractivity contribution is 5.92. The predicted molar refractivity (Wildman–Crippen MR) is 41.1 cm³/mol. The van der Waals surface area contributed by atoms with Crippen molar-refractivity contribution in [2.45, 2.75) is 13.0 Å². The van der Waals surface area contributed by atoms with Crippen molar-refractivity contribution < 1.29 is 4.79 Å². The number of nitriles is 1. The van der Waals surface area contributed by atoms with Crippen molar-refractivity contribution in [2.75, 3.05) is 0 Å². The van der Waals surface area contributed by atoms with Gasteiger partial charge >= 0.3 is 0 Å². The SMILES string of the molecule is CC(C#N)NC(=O)c1ccn[nH]1. The van der Waals surface area contributed by atoms with E-state index < -0.39 is 6.04 Å². The van der Waals surface area contributed by atoms with E-state index in [1.807, 2.05) is 6.07 Å². The predicted octanol–water partition coefficient (Wildman–Crippen LogP) is 0.0516. The van der Waals surface area contributed by atoms with Gasteiger partial charge in [-0.3, -0.25) is 9.89 Å². The summed E-state index contributed by atoms with van der Waals surface area (Å²) in [6.07, 6.45) is 1.48. The van der Waals surface area contributed by atoms with E-state index in [1.54, 1.807) is 13.0 Å². The highest BCUT2D eigenvalue weighted by atomic mass is 16.2. The van der Waals surface area contributed by atoms with Crippen LogP contribution < -0.4 is 5.32 Å². The lowest BCUT2D eigenvalue weighted by Gasteiger charge is -2.02. The molecular formula is C7H8N4O. The molecule has 12 heavy (non-hydrogen) atoms. The van der Waals surface area contributed by atoms with Gasteiger partial charge in [-0.25, -0.2) is 0 Å². The number of amides is 1. The fourth-order valence-corrected chi connectivity index (χ4v) is 0.689. The third-order valence-electron chi connectivity index (χ3n) is 1.29. The van der Waals surface area contributed by atoms with Gasteiger partial charge in [0.15, 0.2) is 0 Å². The van der Waals surface area contributed by atoms with Crippen molar-refractivity contribution in [3.8, 4) is 6.07 Å². The molecule has 1 unspecified atom stereocenters. The van der Waals surface area contributed by atoms with E-state index >= 15 is 0 Å². The van der Waals surface area contributed by atoms with Crippen LogP contribution in [0.3, 0.4) is 0 Å². The van der Waals surface area contributed by atoms with Crippen LogP contribution >= 0.6 is 0 Å². The lowest BCUT2D eigenvalue weighted by atomic mass is 10.3. The Balaban J connectivity index is 2.57. The monoisotopic (exact) mass is 164 g/mol. The topological polar surface area (TPSA) is 81.6 Å². The molecule has 0 spiro atoms. The van der Waals surface area contributed by atoms with Gasteiger partial charge in [0.1, 0.15) is 11.7 Å². The molecule has 5 heteroatoms. The van der Waals surface area contributed by atoms with E-state index in [0.29, 0.717) is 5.69 Å². The lowest BCUT2D eigenvalue weighted by molar-refractivity contribution is 0.0943. The second kappa shape index (κ2) is 3.53. The molecule has 2 N–H and O–H groups in total. The van der Waals surface area contributed by atoms with Crippen LogP contribution in [0.1, 0.15) is 17.4 Å². The van der Waals surface area contributed by atoms with Gasteiger partial charge in [0.05, 0.1) is 6.07 Å². The summed E-state index contributed by atoms with van der Waals surface area (Å²) in [7, 11) is 0. The van der Waals surface area contributed by atoms with E-state index in [9.17, 15) is 4.79 Å². The Morgan fingerprint density at radius 2 is 2.67 bits per heavy atom. The van der Waals surface area contributed by atoms with Gasteiger partial charge in [0, 0.05) is 6.20 Å². The Bertz CT molecular complexity index is 298. The van der Waals surface area contributed by atoms with Gasteiger partial charge in [-0.2, -0.15) is 10.4 Å². The lowest BCUT2D eigenvalue weighted by Crippen LogP contribution is -2.31. The summed E-state index contributed by atoms with van der Waals surface area (Å²) >= 11 is 0. The highest BCUT2D eigenvalue weighted by Crippen LogP contribution is 1.91. The molecule has 0 aromatic carbocycles. The number of rotatable bonds is 2. The summed E-state index contributed by atoms with van der Waals surface area (Å²) in [5, 5.41) is 17.0. The van der Waals surface area contributed by atoms with Gasteiger partial charge in [-0.05, 0) is 13.0 Å². The van der Waals surface area contributed by atoms with Gasteiger partial charge in [-0.1, -0.05) is 0 Å². The van der Waals surface area contributed by atoms with Crippen LogP contribution in [0.15, 0.2) is 12.3 Å². The molecule has 0 aliphatic rings. The van der Waals surface area contributed by atoms with Crippen LogP contribution in [0.25, 0.3) is 0 Å². The molecule has 0 radical (unpaired) electrons. The molecule has 1 atom stereocenters. The molecule has 0 saturated heterocycles. The minimum Gasteiger partial charge on any atom is -0.335 e. The zero-order valence-electron chi connectivity index (χ0n) is 6.53. The molecule has 62 valence electrons. The molecule has 0 saturated carbocycles. The van der Waals surface area contributed by atoms with Crippen LogP contribution in [0.4, 0.5) is 0 Å².